The Hall–Kier alpha value is -5.16. The number of urea groups is 1. The monoisotopic (exact) mass is 664 g/mol. The number of amides is 5. The third kappa shape index (κ3) is 7.94. The largest absolute Gasteiger partial charge is 0.508 e. The fourth-order valence-corrected chi connectivity index (χ4v) is 7.10. The molecule has 1 saturated carbocycles. The van der Waals surface area contributed by atoms with Crippen LogP contribution >= 0.6 is 0 Å². The van der Waals surface area contributed by atoms with Gasteiger partial charge in [0.1, 0.15) is 18.0 Å². The second-order valence-corrected chi connectivity index (χ2v) is 13.0. The predicted molar refractivity (Wildman–Crippen MR) is 185 cm³/mol. The maximum atomic E-state index is 14.3. The van der Waals surface area contributed by atoms with Crippen LogP contribution in [0.1, 0.15) is 59.2 Å². The molecule has 1 aliphatic carbocycles. The SMILES string of the molecule is C=CCN1CC(=O)N2[C@@H](Cc3ccc(O)cc3)C(=O)N(Cc3cccc(C(=O)NC4CCCCC4)c3)C[C@@H]2N1C(=O)NCc1ccccc1. The van der Waals surface area contributed by atoms with Crippen molar-refractivity contribution in [3.63, 3.8) is 0 Å². The van der Waals surface area contributed by atoms with Gasteiger partial charge in [-0.2, -0.15) is 0 Å². The van der Waals surface area contributed by atoms with Gasteiger partial charge in [-0.05, 0) is 53.8 Å². The molecule has 3 aromatic rings. The molecule has 6 rings (SSSR count). The zero-order chi connectivity index (χ0) is 34.3. The minimum Gasteiger partial charge on any atom is -0.508 e. The fraction of sp³-hybridized carbons (Fsp3) is 0.368. The van der Waals surface area contributed by atoms with E-state index in [0.717, 1.165) is 42.4 Å². The van der Waals surface area contributed by atoms with Gasteiger partial charge in [-0.1, -0.05) is 79.9 Å². The van der Waals surface area contributed by atoms with Crippen molar-refractivity contribution in [1.82, 2.24) is 30.5 Å². The van der Waals surface area contributed by atoms with Gasteiger partial charge >= 0.3 is 6.03 Å². The van der Waals surface area contributed by atoms with E-state index >= 15 is 0 Å². The maximum absolute atomic E-state index is 14.3. The zero-order valence-corrected chi connectivity index (χ0v) is 27.7. The summed E-state index contributed by atoms with van der Waals surface area (Å²) in [7, 11) is 0. The van der Waals surface area contributed by atoms with Crippen molar-refractivity contribution in [3.8, 4) is 5.75 Å². The topological polar surface area (TPSA) is 126 Å². The molecule has 49 heavy (non-hydrogen) atoms. The van der Waals surface area contributed by atoms with E-state index in [4.69, 9.17) is 0 Å². The maximum Gasteiger partial charge on any atom is 0.334 e. The number of carbonyl (C=O) groups is 4. The normalized spacial score (nSPS) is 20.1. The number of hydrogen-bond acceptors (Lipinski definition) is 6. The van der Waals surface area contributed by atoms with Gasteiger partial charge in [-0.3, -0.25) is 14.4 Å². The van der Waals surface area contributed by atoms with Gasteiger partial charge in [0.15, 0.2) is 0 Å². The molecule has 0 aromatic heterocycles. The summed E-state index contributed by atoms with van der Waals surface area (Å²) < 4.78 is 0. The van der Waals surface area contributed by atoms with E-state index in [9.17, 15) is 24.3 Å². The van der Waals surface area contributed by atoms with Gasteiger partial charge in [-0.15, -0.1) is 6.58 Å². The molecule has 0 spiro atoms. The molecule has 2 aliphatic heterocycles. The average Bonchev–Trinajstić information content (AvgIpc) is 3.11. The highest BCUT2D eigenvalue weighted by Crippen LogP contribution is 2.30. The first-order chi connectivity index (χ1) is 23.8. The molecule has 0 bridgehead atoms. The third-order valence-electron chi connectivity index (χ3n) is 9.53. The Bertz CT molecular complexity index is 1660. The van der Waals surface area contributed by atoms with Crippen molar-refractivity contribution < 1.29 is 24.3 Å². The van der Waals surface area contributed by atoms with E-state index in [1.807, 2.05) is 48.5 Å². The highest BCUT2D eigenvalue weighted by atomic mass is 16.3. The molecule has 11 heteroatoms. The molecule has 2 saturated heterocycles. The Morgan fingerprint density at radius 1 is 0.898 bits per heavy atom. The second-order valence-electron chi connectivity index (χ2n) is 13.0. The minimum atomic E-state index is -0.899. The molecule has 5 amide bonds. The van der Waals surface area contributed by atoms with Crippen LogP contribution in [-0.2, 0) is 29.1 Å². The van der Waals surface area contributed by atoms with Crippen LogP contribution in [0.5, 0.6) is 5.75 Å². The highest BCUT2D eigenvalue weighted by Gasteiger charge is 2.51. The standard InChI is InChI=1S/C38H44N6O5/c1-2-20-42-26-35(46)43-33(22-27-16-18-32(45)19-17-27)37(48)41(25-34(43)44(42)38(49)39-23-28-10-5-3-6-11-28)24-29-12-9-13-30(21-29)36(47)40-31-14-7-4-8-15-31/h2-3,5-6,9-13,16-19,21,31,33-34,45H,1,4,7-8,14-15,20,22-26H2,(H,39,49)(H,40,47)/t33-,34-/m0/s1. The third-order valence-corrected chi connectivity index (χ3v) is 9.53. The summed E-state index contributed by atoms with van der Waals surface area (Å²) in [5.41, 5.74) is 2.99. The molecule has 3 aliphatic rings. The Labute approximate surface area is 287 Å². The lowest BCUT2D eigenvalue weighted by Gasteiger charge is -2.55. The van der Waals surface area contributed by atoms with E-state index in [1.165, 1.54) is 6.42 Å². The van der Waals surface area contributed by atoms with E-state index in [-0.39, 0.29) is 68.7 Å². The van der Waals surface area contributed by atoms with Crippen LogP contribution in [0.2, 0.25) is 0 Å². The lowest BCUT2D eigenvalue weighted by atomic mass is 9.95. The van der Waals surface area contributed by atoms with Gasteiger partial charge in [0.25, 0.3) is 5.91 Å². The van der Waals surface area contributed by atoms with Gasteiger partial charge < -0.3 is 25.5 Å². The van der Waals surface area contributed by atoms with Crippen LogP contribution in [0.3, 0.4) is 0 Å². The highest BCUT2D eigenvalue weighted by molar-refractivity contribution is 5.95. The number of fused-ring (bicyclic) bond motifs is 1. The lowest BCUT2D eigenvalue weighted by molar-refractivity contribution is -0.189. The van der Waals surface area contributed by atoms with Crippen LogP contribution in [0, 0.1) is 0 Å². The predicted octanol–water partition coefficient (Wildman–Crippen LogP) is 4.19. The van der Waals surface area contributed by atoms with E-state index in [0.29, 0.717) is 5.56 Å². The van der Waals surface area contributed by atoms with Gasteiger partial charge in [0, 0.05) is 37.7 Å². The molecular weight excluding hydrogens is 620 g/mol. The quantitative estimate of drug-likeness (QED) is 0.279. The van der Waals surface area contributed by atoms with E-state index in [1.54, 1.807) is 56.2 Å². The van der Waals surface area contributed by atoms with Gasteiger partial charge in [-0.25, -0.2) is 14.8 Å². The number of phenolic OH excluding ortho intramolecular Hbond substituents is 1. The summed E-state index contributed by atoms with van der Waals surface area (Å²) >= 11 is 0. The zero-order valence-electron chi connectivity index (χ0n) is 27.7. The molecule has 2 heterocycles. The van der Waals surface area contributed by atoms with Crippen molar-refractivity contribution in [2.45, 2.75) is 69.9 Å². The molecule has 3 fully saturated rings. The van der Waals surface area contributed by atoms with Crippen LogP contribution in [0.4, 0.5) is 4.79 Å². The van der Waals surface area contributed by atoms with Crippen LogP contribution < -0.4 is 10.6 Å². The Morgan fingerprint density at radius 2 is 1.63 bits per heavy atom. The number of piperazine rings is 1. The van der Waals surface area contributed by atoms with Crippen molar-refractivity contribution in [3.05, 3.63) is 114 Å². The molecule has 11 nitrogen and oxygen atoms in total. The first-order valence-corrected chi connectivity index (χ1v) is 17.0. The Balaban J connectivity index is 1.29. The lowest BCUT2D eigenvalue weighted by Crippen LogP contribution is -2.76. The van der Waals surface area contributed by atoms with Crippen molar-refractivity contribution in [1.29, 1.82) is 0 Å². The summed E-state index contributed by atoms with van der Waals surface area (Å²) in [6, 6.07) is 22.3. The molecule has 3 aromatic carbocycles. The first kappa shape index (κ1) is 33.7. The summed E-state index contributed by atoms with van der Waals surface area (Å²) in [5.74, 6) is -0.552. The number of aromatic hydroxyl groups is 1. The number of hydrogen-bond donors (Lipinski definition) is 3. The van der Waals surface area contributed by atoms with E-state index in [2.05, 4.69) is 17.2 Å². The van der Waals surface area contributed by atoms with Crippen LogP contribution in [-0.4, -0.2) is 86.6 Å². The van der Waals surface area contributed by atoms with E-state index < -0.39 is 18.2 Å². The van der Waals surface area contributed by atoms with Crippen LogP contribution in [0.15, 0.2) is 91.5 Å². The Kier molecular flexibility index (Phi) is 10.6. The summed E-state index contributed by atoms with van der Waals surface area (Å²) in [4.78, 5) is 58.6. The van der Waals surface area contributed by atoms with Crippen molar-refractivity contribution in [2.75, 3.05) is 19.6 Å². The molecule has 0 radical (unpaired) electrons. The summed E-state index contributed by atoms with van der Waals surface area (Å²) in [5, 5.41) is 19.3. The summed E-state index contributed by atoms with van der Waals surface area (Å²) in [6.07, 6.45) is 6.41. The number of hydrazine groups is 1. The second kappa shape index (κ2) is 15.4. The first-order valence-electron chi connectivity index (χ1n) is 17.0. The van der Waals surface area contributed by atoms with Crippen LogP contribution in [0.25, 0.3) is 0 Å². The fourth-order valence-electron chi connectivity index (χ4n) is 7.10. The number of nitrogens with one attached hydrogen (secondary N) is 2. The number of carbonyl (C=O) groups excluding carboxylic acids is 4. The number of rotatable bonds is 10. The Morgan fingerprint density at radius 3 is 2.37 bits per heavy atom. The molecule has 3 N–H and O–H groups in total. The number of nitrogens with zero attached hydrogens (tertiary/aromatic N) is 4. The average molecular weight is 665 g/mol. The summed E-state index contributed by atoms with van der Waals surface area (Å²) in [6.45, 7) is 4.55. The van der Waals surface area contributed by atoms with Crippen molar-refractivity contribution in [2.24, 2.45) is 0 Å². The number of phenols is 1. The minimum absolute atomic E-state index is 0.0710. The van der Waals surface area contributed by atoms with Gasteiger partial charge in [0.05, 0.1) is 13.1 Å². The molecule has 0 unspecified atom stereocenters. The van der Waals surface area contributed by atoms with Crippen molar-refractivity contribution >= 4 is 23.8 Å². The molecular formula is C38H44N6O5. The smallest absolute Gasteiger partial charge is 0.334 e. The number of benzene rings is 3. The van der Waals surface area contributed by atoms with Gasteiger partial charge in [0.2, 0.25) is 11.8 Å². The molecule has 2 atom stereocenters. The molecule has 256 valence electrons.